The van der Waals surface area contributed by atoms with Gasteiger partial charge in [-0.3, -0.25) is 14.5 Å². The van der Waals surface area contributed by atoms with Crippen molar-refractivity contribution in [2.75, 3.05) is 13.6 Å². The number of amidine groups is 1. The number of benzene rings is 1. The highest BCUT2D eigenvalue weighted by Gasteiger charge is 2.32. The van der Waals surface area contributed by atoms with Crippen LogP contribution in [0.15, 0.2) is 34.2 Å². The van der Waals surface area contributed by atoms with Gasteiger partial charge in [-0.1, -0.05) is 45.2 Å². The molecule has 0 aliphatic carbocycles. The van der Waals surface area contributed by atoms with Crippen molar-refractivity contribution in [2.24, 2.45) is 4.99 Å². The fourth-order valence-corrected chi connectivity index (χ4v) is 4.03. The van der Waals surface area contributed by atoms with Gasteiger partial charge in [-0.15, -0.1) is 0 Å². The summed E-state index contributed by atoms with van der Waals surface area (Å²) in [5.74, 6) is 0.215. The number of hydrogen-bond donors (Lipinski definition) is 1. The molecule has 1 aromatic carbocycles. The van der Waals surface area contributed by atoms with Gasteiger partial charge in [0.05, 0.1) is 4.90 Å². The first-order chi connectivity index (χ1) is 11.9. The molecule has 0 saturated heterocycles. The summed E-state index contributed by atoms with van der Waals surface area (Å²) in [6.45, 7) is 4.82. The van der Waals surface area contributed by atoms with Crippen LogP contribution in [0, 0.1) is 0 Å². The van der Waals surface area contributed by atoms with Gasteiger partial charge in [0, 0.05) is 19.2 Å². The summed E-state index contributed by atoms with van der Waals surface area (Å²) in [5.41, 5.74) is 0.535. The Hall–Kier alpha value is -1.89. The van der Waals surface area contributed by atoms with Crippen molar-refractivity contribution in [1.29, 1.82) is 0 Å². The van der Waals surface area contributed by atoms with E-state index in [9.17, 15) is 13.2 Å². The predicted octanol–water partition coefficient (Wildman–Crippen LogP) is 2.54. The third-order valence-corrected chi connectivity index (χ3v) is 5.68. The Bertz CT molecular complexity index is 744. The van der Waals surface area contributed by atoms with Crippen molar-refractivity contribution < 1.29 is 13.2 Å². The monoisotopic (exact) mass is 365 g/mol. The third-order valence-electron chi connectivity index (χ3n) is 4.29. The van der Waals surface area contributed by atoms with E-state index in [1.165, 1.54) is 0 Å². The van der Waals surface area contributed by atoms with E-state index in [4.69, 9.17) is 0 Å². The summed E-state index contributed by atoms with van der Waals surface area (Å²) >= 11 is 0. The first kappa shape index (κ1) is 19.4. The average molecular weight is 365 g/mol. The Labute approximate surface area is 150 Å². The van der Waals surface area contributed by atoms with E-state index >= 15 is 0 Å². The summed E-state index contributed by atoms with van der Waals surface area (Å²) in [6, 6.07) is 6.15. The Balaban J connectivity index is 2.30. The zero-order chi connectivity index (χ0) is 18.4. The molecule has 0 saturated carbocycles. The lowest BCUT2D eigenvalue weighted by atomic mass is 10.1. The molecule has 0 bridgehead atoms. The normalized spacial score (nSPS) is 17.8. The number of nitrogens with one attached hydrogen (secondary N) is 1. The van der Waals surface area contributed by atoms with Crippen LogP contribution in [0.3, 0.4) is 0 Å². The quantitative estimate of drug-likeness (QED) is 0.769. The molecule has 0 aromatic heterocycles. The first-order valence-corrected chi connectivity index (χ1v) is 10.3. The summed E-state index contributed by atoms with van der Waals surface area (Å²) in [5, 5.41) is 0. The smallest absolute Gasteiger partial charge is 0.263 e. The van der Waals surface area contributed by atoms with Crippen LogP contribution in [-0.4, -0.2) is 44.7 Å². The van der Waals surface area contributed by atoms with E-state index in [0.717, 1.165) is 25.7 Å². The number of carbonyl (C=O) groups is 1. The molecule has 1 atom stereocenters. The van der Waals surface area contributed by atoms with Crippen LogP contribution >= 0.6 is 0 Å². The van der Waals surface area contributed by atoms with E-state index in [-0.39, 0.29) is 16.6 Å². The van der Waals surface area contributed by atoms with Gasteiger partial charge in [-0.05, 0) is 25.0 Å². The van der Waals surface area contributed by atoms with E-state index in [2.05, 4.69) is 23.6 Å². The van der Waals surface area contributed by atoms with Crippen molar-refractivity contribution in [3.63, 3.8) is 0 Å². The number of nitrogens with zero attached hydrogens (tertiary/aromatic N) is 2. The first-order valence-electron chi connectivity index (χ1n) is 8.85. The van der Waals surface area contributed by atoms with Crippen molar-refractivity contribution >= 4 is 21.8 Å². The molecule has 0 radical (unpaired) electrons. The van der Waals surface area contributed by atoms with Crippen LogP contribution < -0.4 is 4.72 Å². The van der Waals surface area contributed by atoms with Crippen molar-refractivity contribution in [2.45, 2.75) is 56.9 Å². The van der Waals surface area contributed by atoms with Crippen LogP contribution in [0.2, 0.25) is 0 Å². The number of rotatable bonds is 8. The number of hydrogen-bond acceptors (Lipinski definition) is 4. The molecule has 0 unspecified atom stereocenters. The van der Waals surface area contributed by atoms with E-state index < -0.39 is 16.1 Å². The summed E-state index contributed by atoms with van der Waals surface area (Å²) < 4.78 is 26.9. The van der Waals surface area contributed by atoms with Gasteiger partial charge in [0.25, 0.3) is 10.0 Å². The molecule has 1 amide bonds. The minimum Gasteiger partial charge on any atom is -0.344 e. The number of sulfonamides is 1. The maximum atomic E-state index is 12.8. The van der Waals surface area contributed by atoms with Crippen LogP contribution in [0.5, 0.6) is 0 Å². The number of amides is 1. The van der Waals surface area contributed by atoms with Gasteiger partial charge in [0.1, 0.15) is 11.9 Å². The molecule has 0 spiro atoms. The van der Waals surface area contributed by atoms with Crippen LogP contribution in [0.4, 0.5) is 0 Å². The number of aliphatic imine (C=N–C) groups is 1. The standard InChI is InChI=1S/C18H27N3O3S/c1-4-6-11-15(18(22)21(3)13-7-5-2)19-17-14-10-8-9-12-16(14)25(23,24)20-17/h8-10,12,15H,4-7,11,13H2,1-3H3,(H,19,20)/t15-/m0/s1. The topological polar surface area (TPSA) is 78.8 Å². The average Bonchev–Trinajstić information content (AvgIpc) is 2.86. The van der Waals surface area contributed by atoms with Gasteiger partial charge in [0.2, 0.25) is 5.91 Å². The Morgan fingerprint density at radius 1 is 1.20 bits per heavy atom. The number of fused-ring (bicyclic) bond motifs is 1. The maximum Gasteiger partial charge on any atom is 0.263 e. The number of carbonyl (C=O) groups excluding carboxylic acids is 1. The third kappa shape index (κ3) is 4.60. The summed E-state index contributed by atoms with van der Waals surface area (Å²) in [6.07, 6.45) is 4.38. The van der Waals surface area contributed by atoms with Crippen molar-refractivity contribution in [1.82, 2.24) is 9.62 Å². The largest absolute Gasteiger partial charge is 0.344 e. The van der Waals surface area contributed by atoms with E-state index in [1.807, 2.05) is 0 Å². The van der Waals surface area contributed by atoms with Crippen LogP contribution in [0.1, 0.15) is 51.5 Å². The Morgan fingerprint density at radius 3 is 2.56 bits per heavy atom. The highest BCUT2D eigenvalue weighted by atomic mass is 32.2. The lowest BCUT2D eigenvalue weighted by Gasteiger charge is -2.21. The number of unbranched alkanes of at least 4 members (excludes halogenated alkanes) is 2. The van der Waals surface area contributed by atoms with E-state index in [0.29, 0.717) is 18.5 Å². The maximum absolute atomic E-state index is 12.8. The molecule has 2 rings (SSSR count). The fourth-order valence-electron chi connectivity index (χ4n) is 2.79. The minimum absolute atomic E-state index is 0.0574. The second-order valence-electron chi connectivity index (χ2n) is 6.35. The molecule has 1 aromatic rings. The van der Waals surface area contributed by atoms with Gasteiger partial charge in [0.15, 0.2) is 0 Å². The van der Waals surface area contributed by atoms with Crippen LogP contribution in [-0.2, 0) is 14.8 Å². The SMILES string of the molecule is CCCC[C@H](N=C1NS(=O)(=O)c2ccccc21)C(=O)N(C)CCCC. The summed E-state index contributed by atoms with van der Waals surface area (Å²) in [7, 11) is -1.81. The molecule has 7 heteroatoms. The zero-order valence-corrected chi connectivity index (χ0v) is 16.0. The Kier molecular flexibility index (Phi) is 6.58. The second kappa shape index (κ2) is 8.47. The van der Waals surface area contributed by atoms with Gasteiger partial charge >= 0.3 is 0 Å². The van der Waals surface area contributed by atoms with Crippen molar-refractivity contribution in [3.8, 4) is 0 Å². The van der Waals surface area contributed by atoms with Gasteiger partial charge in [-0.2, -0.15) is 0 Å². The molecule has 138 valence electrons. The molecular weight excluding hydrogens is 338 g/mol. The van der Waals surface area contributed by atoms with Crippen molar-refractivity contribution in [3.05, 3.63) is 29.8 Å². The molecule has 1 heterocycles. The minimum atomic E-state index is -3.59. The van der Waals surface area contributed by atoms with Crippen LogP contribution in [0.25, 0.3) is 0 Å². The lowest BCUT2D eigenvalue weighted by Crippen LogP contribution is -2.37. The zero-order valence-electron chi connectivity index (χ0n) is 15.2. The van der Waals surface area contributed by atoms with E-state index in [1.54, 1.807) is 36.2 Å². The fraction of sp³-hybridized carbons (Fsp3) is 0.556. The molecular formula is C18H27N3O3S. The molecule has 6 nitrogen and oxygen atoms in total. The summed E-state index contributed by atoms with van der Waals surface area (Å²) in [4.78, 5) is 19.2. The molecule has 1 aliphatic rings. The Morgan fingerprint density at radius 2 is 1.88 bits per heavy atom. The molecule has 25 heavy (non-hydrogen) atoms. The molecule has 0 fully saturated rings. The molecule has 1 N–H and O–H groups in total. The predicted molar refractivity (Wildman–Crippen MR) is 99.2 cm³/mol. The van der Waals surface area contributed by atoms with Gasteiger partial charge < -0.3 is 4.90 Å². The second-order valence-corrected chi connectivity index (χ2v) is 8.00. The van der Waals surface area contributed by atoms with Gasteiger partial charge in [-0.25, -0.2) is 8.42 Å². The highest BCUT2D eigenvalue weighted by molar-refractivity contribution is 7.90. The number of likely N-dealkylation sites (N-methyl/N-ethyl adjacent to an activating group) is 1. The highest BCUT2D eigenvalue weighted by Crippen LogP contribution is 2.23. The lowest BCUT2D eigenvalue weighted by molar-refractivity contribution is -0.131. The molecule has 1 aliphatic heterocycles.